The molecule has 0 amide bonds. The Morgan fingerprint density at radius 3 is 2.65 bits per heavy atom. The minimum Gasteiger partial charge on any atom is -0.492 e. The van der Waals surface area contributed by atoms with Crippen molar-refractivity contribution in [2.45, 2.75) is 26.9 Å². The van der Waals surface area contributed by atoms with E-state index in [1.54, 1.807) is 0 Å². The van der Waals surface area contributed by atoms with Gasteiger partial charge in [-0.15, -0.1) is 0 Å². The molecule has 0 saturated heterocycles. The van der Waals surface area contributed by atoms with Gasteiger partial charge in [0, 0.05) is 16.6 Å². The number of aryl methyl sites for hydroxylation is 1. The lowest BCUT2D eigenvalue weighted by molar-refractivity contribution is 0.333. The third-order valence-corrected chi connectivity index (χ3v) is 3.83. The molecule has 0 unspecified atom stereocenters. The van der Waals surface area contributed by atoms with E-state index in [1.807, 2.05) is 32.0 Å². The maximum absolute atomic E-state index is 5.70. The first-order valence-corrected chi connectivity index (χ1v) is 8.05. The number of rotatable bonds is 6. The number of benzene rings is 1. The molecule has 0 bridgehead atoms. The van der Waals surface area contributed by atoms with E-state index in [2.05, 4.69) is 43.2 Å². The molecule has 5 heteroatoms. The summed E-state index contributed by atoms with van der Waals surface area (Å²) in [7, 11) is 0. The van der Waals surface area contributed by atoms with Crippen molar-refractivity contribution in [3.8, 4) is 5.75 Å². The monoisotopic (exact) mass is 401 g/mol. The highest BCUT2D eigenvalue weighted by Gasteiger charge is 2.10. The zero-order chi connectivity index (χ0) is 14.5. The van der Waals surface area contributed by atoms with Crippen molar-refractivity contribution in [3.05, 3.63) is 50.3 Å². The standard InChI is InChI=1S/C15H17Br2NO2/c1-3-19-15-11(6-12(16)7-14(15)17)8-18-9-13-5-4-10(2)20-13/h4-7,18H,3,8-9H2,1-2H3. The van der Waals surface area contributed by atoms with Crippen LogP contribution in [0.25, 0.3) is 0 Å². The molecule has 0 saturated carbocycles. The van der Waals surface area contributed by atoms with E-state index >= 15 is 0 Å². The quantitative estimate of drug-likeness (QED) is 0.753. The van der Waals surface area contributed by atoms with Gasteiger partial charge in [0.25, 0.3) is 0 Å². The summed E-state index contributed by atoms with van der Waals surface area (Å²) < 4.78 is 13.2. The zero-order valence-corrected chi connectivity index (χ0v) is 14.7. The van der Waals surface area contributed by atoms with Crippen LogP contribution in [0.15, 0.2) is 37.6 Å². The predicted molar refractivity (Wildman–Crippen MR) is 87.0 cm³/mol. The van der Waals surface area contributed by atoms with Crippen molar-refractivity contribution in [2.75, 3.05) is 6.61 Å². The summed E-state index contributed by atoms with van der Waals surface area (Å²) in [6, 6.07) is 8.02. The molecule has 20 heavy (non-hydrogen) atoms. The van der Waals surface area contributed by atoms with E-state index in [-0.39, 0.29) is 0 Å². The van der Waals surface area contributed by atoms with Gasteiger partial charge in [0.15, 0.2) is 0 Å². The average Bonchev–Trinajstić information content (AvgIpc) is 2.79. The smallest absolute Gasteiger partial charge is 0.138 e. The number of hydrogen-bond donors (Lipinski definition) is 1. The Balaban J connectivity index is 2.04. The first kappa shape index (κ1) is 15.6. The second kappa shape index (κ2) is 7.29. The Bertz CT molecular complexity index is 581. The third-order valence-electron chi connectivity index (χ3n) is 2.78. The van der Waals surface area contributed by atoms with Gasteiger partial charge in [-0.2, -0.15) is 0 Å². The molecule has 0 aliphatic carbocycles. The Labute approximate surface area is 136 Å². The van der Waals surface area contributed by atoms with Crippen molar-refractivity contribution < 1.29 is 9.15 Å². The molecular formula is C15H17Br2NO2. The van der Waals surface area contributed by atoms with Gasteiger partial charge < -0.3 is 14.5 Å². The van der Waals surface area contributed by atoms with Crippen LogP contribution in [0.4, 0.5) is 0 Å². The van der Waals surface area contributed by atoms with Crippen LogP contribution in [0.3, 0.4) is 0 Å². The largest absolute Gasteiger partial charge is 0.492 e. The SMILES string of the molecule is CCOc1c(Br)cc(Br)cc1CNCc1ccc(C)o1. The van der Waals surface area contributed by atoms with Crippen LogP contribution in [0.2, 0.25) is 0 Å². The van der Waals surface area contributed by atoms with Gasteiger partial charge in [-0.05, 0) is 54.0 Å². The molecule has 0 aliphatic rings. The minimum atomic E-state index is 0.643. The van der Waals surface area contributed by atoms with Crippen LogP contribution in [0.1, 0.15) is 24.0 Å². The highest BCUT2D eigenvalue weighted by atomic mass is 79.9. The summed E-state index contributed by atoms with van der Waals surface area (Å²) in [5.74, 6) is 2.76. The van der Waals surface area contributed by atoms with Crippen molar-refractivity contribution in [3.63, 3.8) is 0 Å². The molecule has 0 aliphatic heterocycles. The maximum Gasteiger partial charge on any atom is 0.138 e. The first-order chi connectivity index (χ1) is 9.60. The van der Waals surface area contributed by atoms with Crippen molar-refractivity contribution >= 4 is 31.9 Å². The normalized spacial score (nSPS) is 10.8. The summed E-state index contributed by atoms with van der Waals surface area (Å²) in [4.78, 5) is 0. The van der Waals surface area contributed by atoms with Gasteiger partial charge in [-0.1, -0.05) is 15.9 Å². The number of halogens is 2. The van der Waals surface area contributed by atoms with E-state index in [1.165, 1.54) is 0 Å². The van der Waals surface area contributed by atoms with Gasteiger partial charge in [-0.3, -0.25) is 0 Å². The lowest BCUT2D eigenvalue weighted by atomic mass is 10.2. The van der Waals surface area contributed by atoms with Gasteiger partial charge in [0.2, 0.25) is 0 Å². The van der Waals surface area contributed by atoms with Crippen molar-refractivity contribution in [1.82, 2.24) is 5.32 Å². The number of hydrogen-bond acceptors (Lipinski definition) is 3. The molecule has 0 fully saturated rings. The maximum atomic E-state index is 5.70. The summed E-state index contributed by atoms with van der Waals surface area (Å²) in [6.45, 7) is 5.99. The van der Waals surface area contributed by atoms with Gasteiger partial charge in [-0.25, -0.2) is 0 Å². The van der Waals surface area contributed by atoms with Crippen LogP contribution in [-0.4, -0.2) is 6.61 Å². The average molecular weight is 403 g/mol. The molecule has 1 aromatic carbocycles. The molecule has 0 atom stereocenters. The van der Waals surface area contributed by atoms with Gasteiger partial charge >= 0.3 is 0 Å². The predicted octanol–water partition coefficient (Wildman–Crippen LogP) is 4.80. The summed E-state index contributed by atoms with van der Waals surface area (Å²) >= 11 is 7.04. The van der Waals surface area contributed by atoms with Gasteiger partial charge in [0.1, 0.15) is 17.3 Å². The third kappa shape index (κ3) is 4.11. The fourth-order valence-corrected chi connectivity index (χ4v) is 3.38. The van der Waals surface area contributed by atoms with Crippen molar-refractivity contribution in [2.24, 2.45) is 0 Å². The topological polar surface area (TPSA) is 34.4 Å². The number of nitrogens with one attached hydrogen (secondary N) is 1. The van der Waals surface area contributed by atoms with E-state index < -0.39 is 0 Å². The van der Waals surface area contributed by atoms with Crippen LogP contribution in [0, 0.1) is 6.92 Å². The summed E-state index contributed by atoms with van der Waals surface area (Å²) in [6.07, 6.45) is 0. The Morgan fingerprint density at radius 1 is 1.20 bits per heavy atom. The van der Waals surface area contributed by atoms with E-state index in [0.29, 0.717) is 19.7 Å². The van der Waals surface area contributed by atoms with Crippen LogP contribution in [-0.2, 0) is 13.1 Å². The second-order valence-corrected chi connectivity index (χ2v) is 6.19. The molecule has 2 rings (SSSR count). The Hall–Kier alpha value is -0.780. The highest BCUT2D eigenvalue weighted by molar-refractivity contribution is 9.11. The van der Waals surface area contributed by atoms with E-state index in [9.17, 15) is 0 Å². The van der Waals surface area contributed by atoms with Crippen LogP contribution < -0.4 is 10.1 Å². The summed E-state index contributed by atoms with van der Waals surface area (Å²) in [5, 5.41) is 3.37. The van der Waals surface area contributed by atoms with Crippen LogP contribution >= 0.6 is 31.9 Å². The molecular weight excluding hydrogens is 386 g/mol. The molecule has 2 aromatic rings. The Morgan fingerprint density at radius 2 is 2.00 bits per heavy atom. The fourth-order valence-electron chi connectivity index (χ4n) is 1.95. The lowest BCUT2D eigenvalue weighted by Gasteiger charge is -2.13. The first-order valence-electron chi connectivity index (χ1n) is 6.47. The molecule has 3 nitrogen and oxygen atoms in total. The zero-order valence-electron chi connectivity index (χ0n) is 11.5. The van der Waals surface area contributed by atoms with Crippen LogP contribution in [0.5, 0.6) is 5.75 Å². The lowest BCUT2D eigenvalue weighted by Crippen LogP contribution is -2.13. The van der Waals surface area contributed by atoms with E-state index in [4.69, 9.17) is 9.15 Å². The van der Waals surface area contributed by atoms with Crippen molar-refractivity contribution in [1.29, 1.82) is 0 Å². The molecule has 108 valence electrons. The highest BCUT2D eigenvalue weighted by Crippen LogP contribution is 2.33. The number of furan rings is 1. The fraction of sp³-hybridized carbons (Fsp3) is 0.333. The summed E-state index contributed by atoms with van der Waals surface area (Å²) in [5.41, 5.74) is 1.11. The molecule has 1 heterocycles. The molecule has 0 spiro atoms. The molecule has 0 radical (unpaired) electrons. The molecule has 1 N–H and O–H groups in total. The van der Waals surface area contributed by atoms with Gasteiger partial charge in [0.05, 0.1) is 17.6 Å². The number of ether oxygens (including phenoxy) is 1. The second-order valence-electron chi connectivity index (χ2n) is 4.42. The van der Waals surface area contributed by atoms with E-state index in [0.717, 1.165) is 31.8 Å². The molecule has 1 aromatic heterocycles. The minimum absolute atomic E-state index is 0.643. The Kier molecular flexibility index (Phi) is 5.69.